The van der Waals surface area contributed by atoms with Crippen LogP contribution in [-0.2, 0) is 6.42 Å². The monoisotopic (exact) mass is 342 g/mol. The van der Waals surface area contributed by atoms with Crippen LogP contribution in [0.2, 0.25) is 0 Å². The molecule has 2 aromatic rings. The van der Waals surface area contributed by atoms with Crippen molar-refractivity contribution < 1.29 is 9.18 Å². The van der Waals surface area contributed by atoms with E-state index >= 15 is 0 Å². The van der Waals surface area contributed by atoms with E-state index in [1.165, 1.54) is 12.1 Å². The zero-order chi connectivity index (χ0) is 18.4. The molecule has 2 N–H and O–H groups in total. The average Bonchev–Trinajstić information content (AvgIpc) is 2.56. The molecule has 2 amide bonds. The number of carbonyl (C=O) groups is 1. The molecule has 0 aliphatic rings. The minimum Gasteiger partial charge on any atom is -0.338 e. The molecule has 2 rings (SSSR count). The Balaban J connectivity index is 2.01. The molecule has 0 atom stereocenters. The van der Waals surface area contributed by atoms with Crippen LogP contribution >= 0.6 is 0 Å². The van der Waals surface area contributed by atoms with E-state index in [0.717, 1.165) is 22.4 Å². The maximum atomic E-state index is 12.9. The van der Waals surface area contributed by atoms with E-state index in [2.05, 4.69) is 50.5 Å². The summed E-state index contributed by atoms with van der Waals surface area (Å²) < 4.78 is 12.9. The van der Waals surface area contributed by atoms with Gasteiger partial charge in [-0.2, -0.15) is 0 Å². The maximum absolute atomic E-state index is 12.9. The standard InChI is InChI=1S/C21H27FN2O/c1-14(2)18-6-5-7-19(15(3)4)20(18)24-21(25)23-13-12-16-8-10-17(22)11-9-16/h5-11,14-15H,12-13H2,1-4H3,(H2,23,24,25). The molecule has 0 spiro atoms. The summed E-state index contributed by atoms with van der Waals surface area (Å²) >= 11 is 0. The molecule has 0 bridgehead atoms. The van der Waals surface area contributed by atoms with Crippen molar-refractivity contribution in [2.45, 2.75) is 46.0 Å². The van der Waals surface area contributed by atoms with Gasteiger partial charge < -0.3 is 10.6 Å². The molecule has 0 fully saturated rings. The number of amides is 2. The average molecular weight is 342 g/mol. The molecule has 0 aliphatic carbocycles. The van der Waals surface area contributed by atoms with Gasteiger partial charge >= 0.3 is 6.03 Å². The second-order valence-corrected chi connectivity index (χ2v) is 6.88. The first kappa shape index (κ1) is 19.0. The van der Waals surface area contributed by atoms with Crippen LogP contribution in [0.25, 0.3) is 0 Å². The Kier molecular flexibility index (Phi) is 6.57. The molecular formula is C21H27FN2O. The normalized spacial score (nSPS) is 11.0. The van der Waals surface area contributed by atoms with Crippen LogP contribution in [0.3, 0.4) is 0 Å². The molecule has 0 saturated heterocycles. The number of anilines is 1. The lowest BCUT2D eigenvalue weighted by Crippen LogP contribution is -2.31. The molecule has 2 aromatic carbocycles. The number of para-hydroxylation sites is 1. The number of benzene rings is 2. The highest BCUT2D eigenvalue weighted by Crippen LogP contribution is 2.32. The van der Waals surface area contributed by atoms with Crippen LogP contribution in [0.4, 0.5) is 14.9 Å². The van der Waals surface area contributed by atoms with E-state index in [1.54, 1.807) is 12.1 Å². The summed E-state index contributed by atoms with van der Waals surface area (Å²) in [6, 6.07) is 12.3. The topological polar surface area (TPSA) is 41.1 Å². The van der Waals surface area contributed by atoms with Gasteiger partial charge in [0.25, 0.3) is 0 Å². The molecule has 3 nitrogen and oxygen atoms in total. The summed E-state index contributed by atoms with van der Waals surface area (Å²) in [6.07, 6.45) is 0.663. The number of nitrogens with one attached hydrogen (secondary N) is 2. The van der Waals surface area contributed by atoms with Crippen molar-refractivity contribution in [2.75, 3.05) is 11.9 Å². The highest BCUT2D eigenvalue weighted by Gasteiger charge is 2.15. The molecule has 0 radical (unpaired) electrons. The SMILES string of the molecule is CC(C)c1cccc(C(C)C)c1NC(=O)NCCc1ccc(F)cc1. The third-order valence-electron chi connectivity index (χ3n) is 4.22. The molecule has 0 aromatic heterocycles. The zero-order valence-corrected chi connectivity index (χ0v) is 15.4. The summed E-state index contributed by atoms with van der Waals surface area (Å²) in [4.78, 5) is 12.3. The van der Waals surface area contributed by atoms with Crippen LogP contribution in [0.1, 0.15) is 56.2 Å². The molecule has 0 unspecified atom stereocenters. The maximum Gasteiger partial charge on any atom is 0.319 e. The molecule has 134 valence electrons. The van der Waals surface area contributed by atoms with Crippen molar-refractivity contribution in [2.24, 2.45) is 0 Å². The summed E-state index contributed by atoms with van der Waals surface area (Å²) in [5, 5.41) is 5.91. The lowest BCUT2D eigenvalue weighted by atomic mass is 9.93. The number of urea groups is 1. The number of rotatable bonds is 6. The van der Waals surface area contributed by atoms with E-state index < -0.39 is 0 Å². The predicted octanol–water partition coefficient (Wildman–Crippen LogP) is 5.44. The van der Waals surface area contributed by atoms with Crippen LogP contribution in [0.5, 0.6) is 0 Å². The lowest BCUT2D eigenvalue weighted by Gasteiger charge is -2.20. The Morgan fingerprint density at radius 2 is 1.52 bits per heavy atom. The van der Waals surface area contributed by atoms with Crippen LogP contribution < -0.4 is 10.6 Å². The second kappa shape index (κ2) is 8.65. The van der Waals surface area contributed by atoms with E-state index in [9.17, 15) is 9.18 Å². The first-order valence-electron chi connectivity index (χ1n) is 8.80. The quantitative estimate of drug-likeness (QED) is 0.721. The fraction of sp³-hybridized carbons (Fsp3) is 0.381. The van der Waals surface area contributed by atoms with Gasteiger partial charge in [-0.25, -0.2) is 9.18 Å². The van der Waals surface area contributed by atoms with E-state index in [-0.39, 0.29) is 11.8 Å². The van der Waals surface area contributed by atoms with E-state index in [1.807, 2.05) is 6.07 Å². The first-order valence-corrected chi connectivity index (χ1v) is 8.80. The van der Waals surface area contributed by atoms with Crippen LogP contribution in [-0.4, -0.2) is 12.6 Å². The molecular weight excluding hydrogens is 315 g/mol. The number of hydrogen-bond donors (Lipinski definition) is 2. The highest BCUT2D eigenvalue weighted by atomic mass is 19.1. The molecule has 0 aliphatic heterocycles. The Hall–Kier alpha value is -2.36. The van der Waals surface area contributed by atoms with Crippen molar-refractivity contribution >= 4 is 11.7 Å². The van der Waals surface area contributed by atoms with E-state index in [4.69, 9.17) is 0 Å². The molecule has 4 heteroatoms. The fourth-order valence-corrected chi connectivity index (χ4v) is 2.82. The molecule has 0 heterocycles. The molecule has 0 saturated carbocycles. The van der Waals surface area contributed by atoms with Gasteiger partial charge in [0.15, 0.2) is 0 Å². The van der Waals surface area contributed by atoms with Gasteiger partial charge in [0.05, 0.1) is 0 Å². The van der Waals surface area contributed by atoms with Gasteiger partial charge in [0.2, 0.25) is 0 Å². The van der Waals surface area contributed by atoms with Gasteiger partial charge in [-0.1, -0.05) is 58.0 Å². The van der Waals surface area contributed by atoms with Crippen LogP contribution in [0.15, 0.2) is 42.5 Å². The minimum absolute atomic E-state index is 0.211. The Morgan fingerprint density at radius 1 is 0.960 bits per heavy atom. The number of carbonyl (C=O) groups excluding carboxylic acids is 1. The van der Waals surface area contributed by atoms with Gasteiger partial charge in [-0.3, -0.25) is 0 Å². The minimum atomic E-state index is -0.249. The summed E-state index contributed by atoms with van der Waals surface area (Å²) in [5.41, 5.74) is 4.18. The Labute approximate surface area is 149 Å². The third kappa shape index (κ3) is 5.31. The highest BCUT2D eigenvalue weighted by molar-refractivity contribution is 5.91. The van der Waals surface area contributed by atoms with Gasteiger partial charge in [-0.05, 0) is 47.1 Å². The Bertz CT molecular complexity index is 682. The van der Waals surface area contributed by atoms with Gasteiger partial charge in [0.1, 0.15) is 5.82 Å². The largest absolute Gasteiger partial charge is 0.338 e. The zero-order valence-electron chi connectivity index (χ0n) is 15.4. The van der Waals surface area contributed by atoms with Crippen molar-refractivity contribution in [3.05, 3.63) is 65.0 Å². The number of hydrogen-bond acceptors (Lipinski definition) is 1. The summed E-state index contributed by atoms with van der Waals surface area (Å²) in [5.74, 6) is 0.405. The first-order chi connectivity index (χ1) is 11.9. The second-order valence-electron chi connectivity index (χ2n) is 6.88. The van der Waals surface area contributed by atoms with Gasteiger partial charge in [0, 0.05) is 12.2 Å². The predicted molar refractivity (Wildman–Crippen MR) is 102 cm³/mol. The summed E-state index contributed by atoms with van der Waals surface area (Å²) in [7, 11) is 0. The van der Waals surface area contributed by atoms with Crippen molar-refractivity contribution in [1.82, 2.24) is 5.32 Å². The van der Waals surface area contributed by atoms with Crippen LogP contribution in [0, 0.1) is 5.82 Å². The van der Waals surface area contributed by atoms with Gasteiger partial charge in [-0.15, -0.1) is 0 Å². The smallest absolute Gasteiger partial charge is 0.319 e. The van der Waals surface area contributed by atoms with E-state index in [0.29, 0.717) is 24.8 Å². The van der Waals surface area contributed by atoms with Crippen molar-refractivity contribution in [3.8, 4) is 0 Å². The lowest BCUT2D eigenvalue weighted by molar-refractivity contribution is 0.252. The summed E-state index contributed by atoms with van der Waals surface area (Å²) in [6.45, 7) is 8.99. The van der Waals surface area contributed by atoms with Crippen molar-refractivity contribution in [3.63, 3.8) is 0 Å². The Morgan fingerprint density at radius 3 is 2.04 bits per heavy atom. The molecule has 25 heavy (non-hydrogen) atoms. The van der Waals surface area contributed by atoms with Crippen molar-refractivity contribution in [1.29, 1.82) is 0 Å². The number of halogens is 1. The third-order valence-corrected chi connectivity index (χ3v) is 4.22. The fourth-order valence-electron chi connectivity index (χ4n) is 2.82.